The lowest BCUT2D eigenvalue weighted by atomic mass is 10.2. The summed E-state index contributed by atoms with van der Waals surface area (Å²) < 4.78 is 54.1. The van der Waals surface area contributed by atoms with Crippen LogP contribution in [-0.4, -0.2) is 39.4 Å². The highest BCUT2D eigenvalue weighted by atomic mass is 35.5. The third kappa shape index (κ3) is 7.28. The Bertz CT molecular complexity index is 1020. The monoisotopic (exact) mass is 487 g/mol. The van der Waals surface area contributed by atoms with Crippen molar-refractivity contribution in [2.75, 3.05) is 26.6 Å². The molecule has 0 aliphatic rings. The summed E-state index contributed by atoms with van der Waals surface area (Å²) in [6.07, 6.45) is -3.79. The van der Waals surface area contributed by atoms with Crippen LogP contribution in [0.15, 0.2) is 35.4 Å². The predicted molar refractivity (Wildman–Crippen MR) is 116 cm³/mol. The summed E-state index contributed by atoms with van der Waals surface area (Å²) in [4.78, 5) is 24.0. The number of ether oxygens (including phenoxy) is 3. The van der Waals surface area contributed by atoms with Gasteiger partial charge in [0, 0.05) is 18.4 Å². The Labute approximate surface area is 192 Å². The van der Waals surface area contributed by atoms with Gasteiger partial charge >= 0.3 is 6.18 Å². The van der Waals surface area contributed by atoms with E-state index in [1.807, 2.05) is 0 Å². The van der Waals surface area contributed by atoms with E-state index in [1.165, 1.54) is 27.5 Å². The molecule has 0 saturated carbocycles. The van der Waals surface area contributed by atoms with Gasteiger partial charge in [0.25, 0.3) is 0 Å². The highest BCUT2D eigenvalue weighted by molar-refractivity contribution is 6.33. The highest BCUT2D eigenvalue weighted by Gasteiger charge is 2.31. The Morgan fingerprint density at radius 2 is 1.61 bits per heavy atom. The van der Waals surface area contributed by atoms with E-state index in [2.05, 4.69) is 15.8 Å². The molecule has 2 aromatic rings. The normalized spacial score (nSPS) is 11.2. The van der Waals surface area contributed by atoms with E-state index in [0.717, 1.165) is 18.2 Å². The zero-order valence-corrected chi connectivity index (χ0v) is 18.6. The molecule has 0 radical (unpaired) electrons. The fourth-order valence-corrected chi connectivity index (χ4v) is 2.81. The molecule has 0 saturated heterocycles. The van der Waals surface area contributed by atoms with Crippen LogP contribution in [0.25, 0.3) is 0 Å². The molecule has 0 aliphatic heterocycles. The van der Waals surface area contributed by atoms with Gasteiger partial charge in [-0.15, -0.1) is 0 Å². The predicted octanol–water partition coefficient (Wildman–Crippen LogP) is 4.25. The molecule has 0 atom stereocenters. The lowest BCUT2D eigenvalue weighted by Crippen LogP contribution is -2.21. The molecule has 0 spiro atoms. The number of anilines is 1. The highest BCUT2D eigenvalue weighted by Crippen LogP contribution is 2.37. The maximum atomic E-state index is 12.8. The van der Waals surface area contributed by atoms with Crippen molar-refractivity contribution in [3.63, 3.8) is 0 Å². The minimum Gasteiger partial charge on any atom is -0.493 e. The molecule has 0 aromatic heterocycles. The Balaban J connectivity index is 1.92. The number of rotatable bonds is 9. The molecule has 2 amide bonds. The van der Waals surface area contributed by atoms with Crippen molar-refractivity contribution in [3.05, 3.63) is 46.5 Å². The topological polar surface area (TPSA) is 98.2 Å². The number of hydrogen-bond acceptors (Lipinski definition) is 6. The average molecular weight is 488 g/mol. The quantitative estimate of drug-likeness (QED) is 0.407. The Kier molecular flexibility index (Phi) is 8.92. The zero-order chi connectivity index (χ0) is 24.6. The van der Waals surface area contributed by atoms with E-state index in [1.54, 1.807) is 12.1 Å². The summed E-state index contributed by atoms with van der Waals surface area (Å²) in [7, 11) is 4.38. The third-order valence-electron chi connectivity index (χ3n) is 4.24. The first-order valence-electron chi connectivity index (χ1n) is 9.37. The average Bonchev–Trinajstić information content (AvgIpc) is 2.77. The fraction of sp³-hybridized carbons (Fsp3) is 0.286. The number of carbonyl (C=O) groups excluding carboxylic acids is 2. The number of alkyl halides is 3. The SMILES string of the molecule is COc1cc(/C=N/NC(=O)CCC(=O)Nc2cc(C(F)(F)F)ccc2Cl)cc(OC)c1OC. The molecule has 12 heteroatoms. The number of methoxy groups -OCH3 is 3. The van der Waals surface area contributed by atoms with Gasteiger partial charge in [-0.3, -0.25) is 9.59 Å². The number of hydrogen-bond donors (Lipinski definition) is 2. The van der Waals surface area contributed by atoms with Crippen LogP contribution >= 0.6 is 11.6 Å². The lowest BCUT2D eigenvalue weighted by Gasteiger charge is -2.12. The van der Waals surface area contributed by atoms with E-state index in [9.17, 15) is 22.8 Å². The second-order valence-corrected chi connectivity index (χ2v) is 6.90. The summed E-state index contributed by atoms with van der Waals surface area (Å²) >= 11 is 5.84. The van der Waals surface area contributed by atoms with Gasteiger partial charge in [0.05, 0.1) is 43.8 Å². The maximum Gasteiger partial charge on any atom is 0.416 e. The van der Waals surface area contributed by atoms with Gasteiger partial charge in [-0.2, -0.15) is 18.3 Å². The Morgan fingerprint density at radius 3 is 2.15 bits per heavy atom. The van der Waals surface area contributed by atoms with Gasteiger partial charge < -0.3 is 19.5 Å². The lowest BCUT2D eigenvalue weighted by molar-refractivity contribution is -0.137. The number of benzene rings is 2. The van der Waals surface area contributed by atoms with E-state index in [-0.39, 0.29) is 23.6 Å². The molecule has 2 aromatic carbocycles. The van der Waals surface area contributed by atoms with Gasteiger partial charge in [-0.1, -0.05) is 11.6 Å². The summed E-state index contributed by atoms with van der Waals surface area (Å²) in [5.74, 6) is -0.0684. The van der Waals surface area contributed by atoms with Crippen molar-refractivity contribution in [2.24, 2.45) is 5.10 Å². The van der Waals surface area contributed by atoms with Gasteiger partial charge in [-0.05, 0) is 30.3 Å². The van der Waals surface area contributed by atoms with Crippen LogP contribution < -0.4 is 25.0 Å². The second-order valence-electron chi connectivity index (χ2n) is 6.49. The molecule has 33 heavy (non-hydrogen) atoms. The van der Waals surface area contributed by atoms with E-state index < -0.39 is 23.6 Å². The summed E-state index contributed by atoms with van der Waals surface area (Å²) in [6, 6.07) is 5.79. The van der Waals surface area contributed by atoms with Gasteiger partial charge in [0.15, 0.2) is 11.5 Å². The molecule has 0 unspecified atom stereocenters. The fourth-order valence-electron chi connectivity index (χ4n) is 2.65. The number of nitrogens with zero attached hydrogens (tertiary/aromatic N) is 1. The smallest absolute Gasteiger partial charge is 0.416 e. The number of carbonyl (C=O) groups is 2. The van der Waals surface area contributed by atoms with Crippen molar-refractivity contribution in [3.8, 4) is 17.2 Å². The van der Waals surface area contributed by atoms with E-state index in [4.69, 9.17) is 25.8 Å². The molecule has 0 heterocycles. The molecule has 0 bridgehead atoms. The van der Waals surface area contributed by atoms with Crippen molar-refractivity contribution >= 4 is 35.3 Å². The van der Waals surface area contributed by atoms with Crippen LogP contribution in [0.4, 0.5) is 18.9 Å². The molecule has 8 nitrogen and oxygen atoms in total. The van der Waals surface area contributed by atoms with Crippen LogP contribution in [0.1, 0.15) is 24.0 Å². The molecule has 2 N–H and O–H groups in total. The van der Waals surface area contributed by atoms with Gasteiger partial charge in [0.1, 0.15) is 0 Å². The van der Waals surface area contributed by atoms with Gasteiger partial charge in [-0.25, -0.2) is 5.43 Å². The van der Waals surface area contributed by atoms with Crippen molar-refractivity contribution in [1.29, 1.82) is 0 Å². The Morgan fingerprint density at radius 1 is 1.00 bits per heavy atom. The summed E-state index contributed by atoms with van der Waals surface area (Å²) in [6.45, 7) is 0. The molecule has 2 rings (SSSR count). The van der Waals surface area contributed by atoms with Crippen LogP contribution in [0.3, 0.4) is 0 Å². The van der Waals surface area contributed by atoms with Gasteiger partial charge in [0.2, 0.25) is 17.6 Å². The second kappa shape index (κ2) is 11.4. The Hall–Kier alpha value is -3.47. The van der Waals surface area contributed by atoms with Crippen LogP contribution in [0.5, 0.6) is 17.2 Å². The first-order valence-corrected chi connectivity index (χ1v) is 9.75. The minimum absolute atomic E-state index is 0.0595. The molecule has 0 fully saturated rings. The molecule has 0 aliphatic carbocycles. The third-order valence-corrected chi connectivity index (χ3v) is 4.57. The van der Waals surface area contributed by atoms with Crippen molar-refractivity contribution in [2.45, 2.75) is 19.0 Å². The molecule has 178 valence electrons. The largest absolute Gasteiger partial charge is 0.493 e. The van der Waals surface area contributed by atoms with E-state index in [0.29, 0.717) is 22.8 Å². The standard InChI is InChI=1S/C21H21ClF3N3O5/c1-31-16-8-12(9-17(32-2)20(16)33-3)11-26-28-19(30)7-6-18(29)27-15-10-13(21(23,24)25)4-5-14(15)22/h4-5,8-11H,6-7H2,1-3H3,(H,27,29)(H,28,30)/b26-11+. The number of hydrazone groups is 1. The summed E-state index contributed by atoms with van der Waals surface area (Å²) in [5.41, 5.74) is 1.65. The van der Waals surface area contributed by atoms with Crippen LogP contribution in [0.2, 0.25) is 5.02 Å². The summed E-state index contributed by atoms with van der Waals surface area (Å²) in [5, 5.41) is 6.02. The van der Waals surface area contributed by atoms with Crippen LogP contribution in [-0.2, 0) is 15.8 Å². The van der Waals surface area contributed by atoms with E-state index >= 15 is 0 Å². The number of halogens is 4. The maximum absolute atomic E-state index is 12.8. The molecular weight excluding hydrogens is 467 g/mol. The molecular formula is C21H21ClF3N3O5. The van der Waals surface area contributed by atoms with Crippen molar-refractivity contribution in [1.82, 2.24) is 5.43 Å². The minimum atomic E-state index is -4.58. The first-order chi connectivity index (χ1) is 15.6. The zero-order valence-electron chi connectivity index (χ0n) is 17.9. The van der Waals surface area contributed by atoms with Crippen LogP contribution in [0, 0.1) is 0 Å². The first kappa shape index (κ1) is 25.8. The van der Waals surface area contributed by atoms with Crippen molar-refractivity contribution < 1.29 is 37.0 Å². The number of nitrogens with one attached hydrogen (secondary N) is 2. The number of amides is 2.